The lowest BCUT2D eigenvalue weighted by molar-refractivity contribution is -0.118. The summed E-state index contributed by atoms with van der Waals surface area (Å²) in [6.07, 6.45) is 3.14. The molecule has 102 valence electrons. The lowest BCUT2D eigenvalue weighted by atomic mass is 9.95. The number of carbonyl (C=O) groups excluding carboxylic acids is 1. The summed E-state index contributed by atoms with van der Waals surface area (Å²) >= 11 is 0. The highest BCUT2D eigenvalue weighted by Gasteiger charge is 2.24. The molecule has 1 atom stereocenters. The Balaban J connectivity index is 1.72. The fourth-order valence-electron chi connectivity index (χ4n) is 2.34. The van der Waals surface area contributed by atoms with Crippen LogP contribution < -0.4 is 10.6 Å². The molecule has 1 aromatic carbocycles. The van der Waals surface area contributed by atoms with E-state index in [1.54, 1.807) is 0 Å². The van der Waals surface area contributed by atoms with Gasteiger partial charge >= 0.3 is 0 Å². The Kier molecular flexibility index (Phi) is 3.43. The molecule has 2 N–H and O–H groups in total. The van der Waals surface area contributed by atoms with E-state index in [0.717, 1.165) is 11.8 Å². The van der Waals surface area contributed by atoms with Gasteiger partial charge in [-0.3, -0.25) is 9.78 Å². The molecule has 0 saturated heterocycles. The molecule has 1 aromatic heterocycles. The molecule has 3 rings (SSSR count). The van der Waals surface area contributed by atoms with Crippen molar-refractivity contribution in [2.45, 2.75) is 19.0 Å². The number of fused-ring (bicyclic) bond motifs is 1. The molecule has 1 aliphatic rings. The summed E-state index contributed by atoms with van der Waals surface area (Å²) in [5.41, 5.74) is 2.51. The van der Waals surface area contributed by atoms with Crippen molar-refractivity contribution >= 4 is 11.6 Å². The van der Waals surface area contributed by atoms with Gasteiger partial charge in [0.25, 0.3) is 0 Å². The first-order valence-electron chi connectivity index (χ1n) is 6.44. The number of rotatable bonds is 2. The summed E-state index contributed by atoms with van der Waals surface area (Å²) in [7, 11) is 0. The highest BCUT2D eigenvalue weighted by atomic mass is 19.1. The van der Waals surface area contributed by atoms with Crippen molar-refractivity contribution in [2.24, 2.45) is 0 Å². The van der Waals surface area contributed by atoms with E-state index in [0.29, 0.717) is 13.0 Å². The maximum Gasteiger partial charge on any atom is 0.241 e. The topological polar surface area (TPSA) is 54.0 Å². The summed E-state index contributed by atoms with van der Waals surface area (Å²) in [6.45, 7) is 0.646. The van der Waals surface area contributed by atoms with Crippen LogP contribution in [0.25, 0.3) is 0 Å². The highest BCUT2D eigenvalue weighted by molar-refractivity contribution is 5.95. The van der Waals surface area contributed by atoms with Gasteiger partial charge < -0.3 is 10.6 Å². The molecule has 0 fully saturated rings. The Morgan fingerprint density at radius 1 is 1.30 bits per heavy atom. The molecule has 0 unspecified atom stereocenters. The van der Waals surface area contributed by atoms with Crippen molar-refractivity contribution in [3.8, 4) is 0 Å². The fourth-order valence-corrected chi connectivity index (χ4v) is 2.34. The Bertz CT molecular complexity index is 645. The molecular formula is C15H14FN3O. The number of anilines is 1. The monoisotopic (exact) mass is 271 g/mol. The zero-order chi connectivity index (χ0) is 13.9. The smallest absolute Gasteiger partial charge is 0.241 e. The van der Waals surface area contributed by atoms with Crippen LogP contribution in [0.1, 0.15) is 11.1 Å². The van der Waals surface area contributed by atoms with E-state index in [9.17, 15) is 9.18 Å². The third-order valence-corrected chi connectivity index (χ3v) is 3.43. The number of pyridine rings is 1. The third kappa shape index (κ3) is 2.53. The van der Waals surface area contributed by atoms with Crippen molar-refractivity contribution in [3.63, 3.8) is 0 Å². The molecule has 2 heterocycles. The maximum atomic E-state index is 13.5. The molecular weight excluding hydrogens is 257 g/mol. The van der Waals surface area contributed by atoms with Gasteiger partial charge in [0.05, 0.1) is 17.9 Å². The van der Waals surface area contributed by atoms with Gasteiger partial charge in [-0.15, -0.1) is 0 Å². The normalized spacial score (nSPS) is 17.4. The third-order valence-electron chi connectivity index (χ3n) is 3.43. The minimum atomic E-state index is -0.531. The average Bonchev–Trinajstić information content (AvgIpc) is 2.49. The van der Waals surface area contributed by atoms with Gasteiger partial charge in [0, 0.05) is 12.7 Å². The van der Waals surface area contributed by atoms with Gasteiger partial charge in [-0.25, -0.2) is 4.39 Å². The van der Waals surface area contributed by atoms with Crippen molar-refractivity contribution in [2.75, 3.05) is 5.32 Å². The fraction of sp³-hybridized carbons (Fsp3) is 0.200. The van der Waals surface area contributed by atoms with Crippen molar-refractivity contribution in [3.05, 3.63) is 59.7 Å². The van der Waals surface area contributed by atoms with Crippen LogP contribution in [0.15, 0.2) is 42.7 Å². The molecule has 4 nitrogen and oxygen atoms in total. The van der Waals surface area contributed by atoms with Gasteiger partial charge in [-0.05, 0) is 23.6 Å². The molecule has 0 radical (unpaired) electrons. The first-order valence-corrected chi connectivity index (χ1v) is 6.44. The van der Waals surface area contributed by atoms with Gasteiger partial charge in [0.2, 0.25) is 5.91 Å². The summed E-state index contributed by atoms with van der Waals surface area (Å²) in [5, 5.41) is 5.76. The van der Waals surface area contributed by atoms with E-state index in [2.05, 4.69) is 15.6 Å². The quantitative estimate of drug-likeness (QED) is 0.876. The molecule has 5 heteroatoms. The van der Waals surface area contributed by atoms with E-state index in [-0.39, 0.29) is 17.6 Å². The Morgan fingerprint density at radius 2 is 2.10 bits per heavy atom. The number of hydrogen-bond acceptors (Lipinski definition) is 3. The molecule has 1 aliphatic heterocycles. The predicted molar refractivity (Wildman–Crippen MR) is 73.6 cm³/mol. The molecule has 2 aromatic rings. The highest BCUT2D eigenvalue weighted by Crippen LogP contribution is 2.18. The molecule has 0 aliphatic carbocycles. The van der Waals surface area contributed by atoms with Gasteiger partial charge in [0.15, 0.2) is 5.82 Å². The van der Waals surface area contributed by atoms with Crippen LogP contribution >= 0.6 is 0 Å². The number of hydrogen-bond donors (Lipinski definition) is 2. The van der Waals surface area contributed by atoms with Crippen LogP contribution in [-0.2, 0) is 17.8 Å². The van der Waals surface area contributed by atoms with Gasteiger partial charge in [0.1, 0.15) is 0 Å². The Labute approximate surface area is 116 Å². The van der Waals surface area contributed by atoms with E-state index >= 15 is 0 Å². The lowest BCUT2D eigenvalue weighted by Gasteiger charge is -2.25. The number of nitrogens with zero attached hydrogens (tertiary/aromatic N) is 1. The second-order valence-electron chi connectivity index (χ2n) is 4.75. The number of benzene rings is 1. The number of carbonyl (C=O) groups is 1. The standard InChI is InChI=1S/C15H14FN3O/c16-12-9-17-6-5-13(12)19-15(20)14-7-10-3-1-2-4-11(10)8-18-14/h1-6,9,14,18H,7-8H2,(H,17,19,20)/t14-/m1/s1. The van der Waals surface area contributed by atoms with Crippen LogP contribution in [0.2, 0.25) is 0 Å². The Hall–Kier alpha value is -2.27. The summed E-state index contributed by atoms with van der Waals surface area (Å²) in [5.74, 6) is -0.762. The van der Waals surface area contributed by atoms with Crippen LogP contribution in [0.4, 0.5) is 10.1 Å². The minimum absolute atomic E-state index is 0.158. The molecule has 1 amide bonds. The molecule has 0 spiro atoms. The van der Waals surface area contributed by atoms with Crippen molar-refractivity contribution in [1.29, 1.82) is 0 Å². The maximum absolute atomic E-state index is 13.5. The Morgan fingerprint density at radius 3 is 2.90 bits per heavy atom. The van der Waals surface area contributed by atoms with Crippen molar-refractivity contribution in [1.82, 2.24) is 10.3 Å². The van der Waals surface area contributed by atoms with E-state index < -0.39 is 5.82 Å². The largest absolute Gasteiger partial charge is 0.322 e. The van der Waals surface area contributed by atoms with E-state index in [1.807, 2.05) is 24.3 Å². The van der Waals surface area contributed by atoms with Gasteiger partial charge in [-0.1, -0.05) is 24.3 Å². The first-order chi connectivity index (χ1) is 9.74. The van der Waals surface area contributed by atoms with Crippen LogP contribution in [0, 0.1) is 5.82 Å². The number of halogens is 1. The van der Waals surface area contributed by atoms with Gasteiger partial charge in [-0.2, -0.15) is 0 Å². The van der Waals surface area contributed by atoms with E-state index in [4.69, 9.17) is 0 Å². The van der Waals surface area contributed by atoms with Crippen LogP contribution in [-0.4, -0.2) is 16.9 Å². The SMILES string of the molecule is O=C(Nc1ccncc1F)[C@H]1Cc2ccccc2CN1. The summed E-state index contributed by atoms with van der Waals surface area (Å²) in [4.78, 5) is 15.8. The summed E-state index contributed by atoms with van der Waals surface area (Å²) in [6, 6.07) is 9.10. The van der Waals surface area contributed by atoms with Crippen LogP contribution in [0.3, 0.4) is 0 Å². The molecule has 20 heavy (non-hydrogen) atoms. The summed E-state index contributed by atoms with van der Waals surface area (Å²) < 4.78 is 13.5. The average molecular weight is 271 g/mol. The zero-order valence-corrected chi connectivity index (χ0v) is 10.8. The first kappa shape index (κ1) is 12.7. The van der Waals surface area contributed by atoms with Crippen LogP contribution in [0.5, 0.6) is 0 Å². The number of amides is 1. The molecule has 0 bridgehead atoms. The second-order valence-corrected chi connectivity index (χ2v) is 4.75. The number of nitrogens with one attached hydrogen (secondary N) is 2. The van der Waals surface area contributed by atoms with E-state index in [1.165, 1.54) is 17.8 Å². The minimum Gasteiger partial charge on any atom is -0.322 e. The lowest BCUT2D eigenvalue weighted by Crippen LogP contribution is -2.44. The number of aromatic nitrogens is 1. The second kappa shape index (κ2) is 5.38. The molecule has 0 saturated carbocycles. The predicted octanol–water partition coefficient (Wildman–Crippen LogP) is 1.87. The van der Waals surface area contributed by atoms with Crippen molar-refractivity contribution < 1.29 is 9.18 Å². The zero-order valence-electron chi connectivity index (χ0n) is 10.8.